The maximum atomic E-state index is 6.09. The number of halogens is 1. The van der Waals surface area contributed by atoms with Crippen LogP contribution in [0.5, 0.6) is 5.75 Å². The van der Waals surface area contributed by atoms with Crippen LogP contribution >= 0.6 is 15.9 Å². The number of ether oxygens (including phenoxy) is 1. The van der Waals surface area contributed by atoms with Crippen LogP contribution in [0, 0.1) is 5.92 Å². The van der Waals surface area contributed by atoms with Crippen molar-refractivity contribution in [1.82, 2.24) is 0 Å². The molecular formula is C16H26BrNO. The van der Waals surface area contributed by atoms with Crippen molar-refractivity contribution in [3.8, 4) is 5.75 Å². The van der Waals surface area contributed by atoms with Crippen LogP contribution in [0.4, 0.5) is 0 Å². The summed E-state index contributed by atoms with van der Waals surface area (Å²) in [4.78, 5) is 0. The maximum Gasteiger partial charge on any atom is 0.122 e. The number of hydrogen-bond donors (Lipinski definition) is 1. The van der Waals surface area contributed by atoms with E-state index in [4.69, 9.17) is 10.5 Å². The molecule has 0 aliphatic rings. The zero-order valence-corrected chi connectivity index (χ0v) is 13.9. The third-order valence-corrected chi connectivity index (χ3v) is 3.82. The van der Waals surface area contributed by atoms with Crippen LogP contribution in [0.15, 0.2) is 22.7 Å². The lowest BCUT2D eigenvalue weighted by Gasteiger charge is -2.16. The van der Waals surface area contributed by atoms with Gasteiger partial charge >= 0.3 is 0 Å². The van der Waals surface area contributed by atoms with Gasteiger partial charge in [-0.05, 0) is 55.4 Å². The first-order valence-electron chi connectivity index (χ1n) is 7.21. The van der Waals surface area contributed by atoms with E-state index < -0.39 is 0 Å². The van der Waals surface area contributed by atoms with Gasteiger partial charge in [0.1, 0.15) is 5.75 Å². The van der Waals surface area contributed by atoms with Gasteiger partial charge in [0.05, 0.1) is 6.61 Å². The van der Waals surface area contributed by atoms with Crippen LogP contribution in [0.2, 0.25) is 0 Å². The van der Waals surface area contributed by atoms with Gasteiger partial charge in [0.25, 0.3) is 0 Å². The smallest absolute Gasteiger partial charge is 0.122 e. The molecule has 1 unspecified atom stereocenters. The Morgan fingerprint density at radius 2 is 2.05 bits per heavy atom. The third-order valence-electron chi connectivity index (χ3n) is 3.32. The quantitative estimate of drug-likeness (QED) is 0.760. The molecule has 108 valence electrons. The lowest BCUT2D eigenvalue weighted by atomic mass is 9.97. The van der Waals surface area contributed by atoms with E-state index >= 15 is 0 Å². The fraction of sp³-hybridized carbons (Fsp3) is 0.625. The second-order valence-corrected chi connectivity index (χ2v) is 6.32. The highest BCUT2D eigenvalue weighted by molar-refractivity contribution is 9.10. The second kappa shape index (κ2) is 8.60. The Morgan fingerprint density at radius 1 is 1.32 bits per heavy atom. The summed E-state index contributed by atoms with van der Waals surface area (Å²) in [6.45, 7) is 7.26. The van der Waals surface area contributed by atoms with Crippen LogP contribution in [0.1, 0.15) is 45.6 Å². The molecule has 1 rings (SSSR count). The minimum atomic E-state index is 0.298. The Kier molecular flexibility index (Phi) is 7.47. The number of aryl methyl sites for hydroxylation is 1. The van der Waals surface area contributed by atoms with Crippen molar-refractivity contribution in [2.75, 3.05) is 6.61 Å². The SMILES string of the molecule is CCCOc1ccc(Br)cc1CCCC(N)C(C)C. The van der Waals surface area contributed by atoms with E-state index in [0.29, 0.717) is 12.0 Å². The summed E-state index contributed by atoms with van der Waals surface area (Å²) in [6, 6.07) is 6.55. The summed E-state index contributed by atoms with van der Waals surface area (Å²) in [7, 11) is 0. The van der Waals surface area contributed by atoms with Gasteiger partial charge in [-0.25, -0.2) is 0 Å². The number of hydrogen-bond acceptors (Lipinski definition) is 2. The minimum absolute atomic E-state index is 0.298. The van der Waals surface area contributed by atoms with E-state index in [1.54, 1.807) is 0 Å². The predicted octanol–water partition coefficient (Wildman–Crippen LogP) is 4.54. The van der Waals surface area contributed by atoms with E-state index in [9.17, 15) is 0 Å². The molecule has 3 heteroatoms. The Balaban J connectivity index is 2.57. The first kappa shape index (κ1) is 16.5. The molecule has 1 aromatic carbocycles. The lowest BCUT2D eigenvalue weighted by Crippen LogP contribution is -2.26. The Morgan fingerprint density at radius 3 is 2.68 bits per heavy atom. The van der Waals surface area contributed by atoms with Gasteiger partial charge in [0.15, 0.2) is 0 Å². The Labute approximate surface area is 125 Å². The normalized spacial score (nSPS) is 12.7. The number of rotatable bonds is 8. The molecule has 0 heterocycles. The van der Waals surface area contributed by atoms with Crippen LogP contribution in [0.3, 0.4) is 0 Å². The molecule has 0 spiro atoms. The zero-order chi connectivity index (χ0) is 14.3. The van der Waals surface area contributed by atoms with Crippen molar-refractivity contribution < 1.29 is 4.74 Å². The monoisotopic (exact) mass is 327 g/mol. The van der Waals surface area contributed by atoms with Gasteiger partial charge in [0, 0.05) is 10.5 Å². The number of benzene rings is 1. The standard InChI is InChI=1S/C16H26BrNO/c1-4-10-19-16-9-8-14(17)11-13(16)6-5-7-15(18)12(2)3/h8-9,11-12,15H,4-7,10,18H2,1-3H3. The fourth-order valence-electron chi connectivity index (χ4n) is 1.96. The average molecular weight is 328 g/mol. The molecule has 1 aromatic rings. The van der Waals surface area contributed by atoms with Crippen LogP contribution in [-0.4, -0.2) is 12.6 Å². The molecule has 0 saturated carbocycles. The number of nitrogens with two attached hydrogens (primary N) is 1. The molecule has 0 saturated heterocycles. The van der Waals surface area contributed by atoms with Gasteiger partial charge in [-0.15, -0.1) is 0 Å². The molecule has 0 bridgehead atoms. The molecule has 0 radical (unpaired) electrons. The van der Waals surface area contributed by atoms with Crippen molar-refractivity contribution >= 4 is 15.9 Å². The van der Waals surface area contributed by atoms with Crippen LogP contribution in [-0.2, 0) is 6.42 Å². The summed E-state index contributed by atoms with van der Waals surface area (Å²) >= 11 is 3.53. The van der Waals surface area contributed by atoms with E-state index in [2.05, 4.69) is 48.8 Å². The van der Waals surface area contributed by atoms with E-state index in [-0.39, 0.29) is 0 Å². The predicted molar refractivity (Wildman–Crippen MR) is 85.7 cm³/mol. The summed E-state index contributed by atoms with van der Waals surface area (Å²) in [5, 5.41) is 0. The van der Waals surface area contributed by atoms with Gasteiger partial charge in [0.2, 0.25) is 0 Å². The highest BCUT2D eigenvalue weighted by Crippen LogP contribution is 2.25. The largest absolute Gasteiger partial charge is 0.493 e. The Hall–Kier alpha value is -0.540. The molecular weight excluding hydrogens is 302 g/mol. The van der Waals surface area contributed by atoms with Gasteiger partial charge in [-0.1, -0.05) is 36.7 Å². The molecule has 0 aromatic heterocycles. The molecule has 1 atom stereocenters. The molecule has 0 amide bonds. The van der Waals surface area contributed by atoms with Crippen molar-refractivity contribution in [3.05, 3.63) is 28.2 Å². The third kappa shape index (κ3) is 5.96. The lowest BCUT2D eigenvalue weighted by molar-refractivity contribution is 0.313. The average Bonchev–Trinajstić information content (AvgIpc) is 2.37. The van der Waals surface area contributed by atoms with Crippen molar-refractivity contribution in [2.45, 2.75) is 52.5 Å². The molecule has 0 fully saturated rings. The summed E-state index contributed by atoms with van der Waals surface area (Å²) < 4.78 is 6.90. The summed E-state index contributed by atoms with van der Waals surface area (Å²) in [5.41, 5.74) is 7.36. The topological polar surface area (TPSA) is 35.2 Å². The molecule has 0 aliphatic carbocycles. The van der Waals surface area contributed by atoms with Gasteiger partial charge in [-0.2, -0.15) is 0 Å². The van der Waals surface area contributed by atoms with E-state index in [1.807, 2.05) is 6.07 Å². The van der Waals surface area contributed by atoms with Crippen LogP contribution < -0.4 is 10.5 Å². The molecule has 2 nitrogen and oxygen atoms in total. The highest BCUT2D eigenvalue weighted by Gasteiger charge is 2.09. The van der Waals surface area contributed by atoms with Gasteiger partial charge in [-0.3, -0.25) is 0 Å². The minimum Gasteiger partial charge on any atom is -0.493 e. The zero-order valence-electron chi connectivity index (χ0n) is 12.3. The first-order valence-corrected chi connectivity index (χ1v) is 8.00. The van der Waals surface area contributed by atoms with E-state index in [1.165, 1.54) is 5.56 Å². The fourth-order valence-corrected chi connectivity index (χ4v) is 2.37. The Bertz CT molecular complexity index is 379. The van der Waals surface area contributed by atoms with Crippen LogP contribution in [0.25, 0.3) is 0 Å². The van der Waals surface area contributed by atoms with Gasteiger partial charge < -0.3 is 10.5 Å². The van der Waals surface area contributed by atoms with Crippen molar-refractivity contribution in [1.29, 1.82) is 0 Å². The summed E-state index contributed by atoms with van der Waals surface area (Å²) in [6.07, 6.45) is 4.24. The summed E-state index contributed by atoms with van der Waals surface area (Å²) in [5.74, 6) is 1.57. The molecule has 2 N–H and O–H groups in total. The highest BCUT2D eigenvalue weighted by atomic mass is 79.9. The first-order chi connectivity index (χ1) is 9.04. The second-order valence-electron chi connectivity index (χ2n) is 5.40. The van der Waals surface area contributed by atoms with Crippen molar-refractivity contribution in [3.63, 3.8) is 0 Å². The van der Waals surface area contributed by atoms with Crippen molar-refractivity contribution in [2.24, 2.45) is 11.7 Å². The molecule has 0 aliphatic heterocycles. The molecule has 19 heavy (non-hydrogen) atoms. The van der Waals surface area contributed by atoms with E-state index in [0.717, 1.165) is 42.5 Å². The maximum absolute atomic E-state index is 6.09.